The summed E-state index contributed by atoms with van der Waals surface area (Å²) in [7, 11) is 0. The summed E-state index contributed by atoms with van der Waals surface area (Å²) >= 11 is 0. The molecule has 1 fully saturated rings. The molecule has 1 aliphatic rings. The molecule has 0 aliphatic carbocycles. The van der Waals surface area contributed by atoms with Gasteiger partial charge in [0.05, 0.1) is 6.61 Å². The van der Waals surface area contributed by atoms with E-state index in [9.17, 15) is 0 Å². The number of nitrogens with zero attached hydrogens (tertiary/aromatic N) is 2. The predicted octanol–water partition coefficient (Wildman–Crippen LogP) is 3.34. The minimum Gasteiger partial charge on any atom is -0.380 e. The van der Waals surface area contributed by atoms with Gasteiger partial charge in [0, 0.05) is 26.2 Å². The number of guanidine groups is 1. The van der Waals surface area contributed by atoms with Gasteiger partial charge in [-0.3, -0.25) is 4.99 Å². The van der Waals surface area contributed by atoms with Crippen LogP contribution in [0.1, 0.15) is 53.4 Å². The van der Waals surface area contributed by atoms with Gasteiger partial charge in [-0.15, -0.1) is 24.0 Å². The molecule has 0 radical (unpaired) electrons. The van der Waals surface area contributed by atoms with Gasteiger partial charge in [-0.1, -0.05) is 20.8 Å². The predicted molar refractivity (Wildman–Crippen MR) is 119 cm³/mol. The number of halogens is 1. The molecule has 1 heterocycles. The third-order valence-corrected chi connectivity index (χ3v) is 4.68. The quantitative estimate of drug-likeness (QED) is 0.211. The first-order valence-corrected chi connectivity index (χ1v) is 9.97. The fourth-order valence-corrected chi connectivity index (χ4v) is 2.95. The molecule has 1 aliphatic heterocycles. The SMILES string of the molecule is CCNC(=NCCC1CCN(CC)CC1)NCCOCCC(C)C.I. The van der Waals surface area contributed by atoms with E-state index >= 15 is 0 Å². The molecule has 0 saturated carbocycles. The third kappa shape index (κ3) is 12.8. The van der Waals surface area contributed by atoms with Gasteiger partial charge in [-0.2, -0.15) is 0 Å². The highest BCUT2D eigenvalue weighted by Gasteiger charge is 2.17. The molecule has 0 aromatic rings. The molecule has 0 aromatic carbocycles. The van der Waals surface area contributed by atoms with Gasteiger partial charge >= 0.3 is 0 Å². The highest BCUT2D eigenvalue weighted by Crippen LogP contribution is 2.19. The van der Waals surface area contributed by atoms with E-state index in [4.69, 9.17) is 9.73 Å². The van der Waals surface area contributed by atoms with Crippen molar-refractivity contribution >= 4 is 29.9 Å². The zero-order valence-electron chi connectivity index (χ0n) is 16.9. The highest BCUT2D eigenvalue weighted by atomic mass is 127. The molecule has 1 saturated heterocycles. The second-order valence-corrected chi connectivity index (χ2v) is 7.15. The highest BCUT2D eigenvalue weighted by molar-refractivity contribution is 14.0. The van der Waals surface area contributed by atoms with Crippen molar-refractivity contribution in [3.8, 4) is 0 Å². The molecule has 0 unspecified atom stereocenters. The Hall–Kier alpha value is -0.0800. The Balaban J connectivity index is 0.00000576. The number of rotatable bonds is 11. The topological polar surface area (TPSA) is 48.9 Å². The number of hydrogen-bond donors (Lipinski definition) is 2. The summed E-state index contributed by atoms with van der Waals surface area (Å²) in [6, 6.07) is 0. The number of ether oxygens (including phenoxy) is 1. The zero-order valence-corrected chi connectivity index (χ0v) is 19.2. The van der Waals surface area contributed by atoms with E-state index in [1.54, 1.807) is 0 Å². The number of hydrogen-bond acceptors (Lipinski definition) is 3. The van der Waals surface area contributed by atoms with Crippen LogP contribution in [-0.4, -0.2) is 63.3 Å². The zero-order chi connectivity index (χ0) is 17.6. The molecule has 0 bridgehead atoms. The maximum Gasteiger partial charge on any atom is 0.191 e. The van der Waals surface area contributed by atoms with Crippen molar-refractivity contribution in [1.82, 2.24) is 15.5 Å². The molecule has 0 amide bonds. The van der Waals surface area contributed by atoms with Gasteiger partial charge in [0.2, 0.25) is 0 Å². The van der Waals surface area contributed by atoms with Crippen LogP contribution in [0.2, 0.25) is 0 Å². The Kier molecular flexibility index (Phi) is 16.1. The van der Waals surface area contributed by atoms with Crippen molar-refractivity contribution in [2.75, 3.05) is 52.5 Å². The minimum atomic E-state index is 0. The van der Waals surface area contributed by atoms with E-state index in [1.165, 1.54) is 38.9 Å². The van der Waals surface area contributed by atoms with Crippen LogP contribution in [0.3, 0.4) is 0 Å². The minimum absolute atomic E-state index is 0. The largest absolute Gasteiger partial charge is 0.380 e. The van der Waals surface area contributed by atoms with Gasteiger partial charge in [0.1, 0.15) is 0 Å². The van der Waals surface area contributed by atoms with Crippen molar-refractivity contribution in [2.24, 2.45) is 16.8 Å². The van der Waals surface area contributed by atoms with Crippen molar-refractivity contribution in [3.05, 3.63) is 0 Å². The summed E-state index contributed by atoms with van der Waals surface area (Å²) in [5, 5.41) is 6.69. The van der Waals surface area contributed by atoms with Gasteiger partial charge in [0.25, 0.3) is 0 Å². The van der Waals surface area contributed by atoms with E-state index < -0.39 is 0 Å². The molecule has 150 valence electrons. The number of aliphatic imine (C=N–C) groups is 1. The summed E-state index contributed by atoms with van der Waals surface area (Å²) in [5.41, 5.74) is 0. The van der Waals surface area contributed by atoms with Gasteiger partial charge in [-0.25, -0.2) is 0 Å². The lowest BCUT2D eigenvalue weighted by atomic mass is 9.94. The maximum atomic E-state index is 5.64. The lowest BCUT2D eigenvalue weighted by molar-refractivity contribution is 0.128. The first-order valence-electron chi connectivity index (χ1n) is 9.97. The standard InChI is InChI=1S/C19H40N4O.HI/c1-5-20-19(22-12-16-24-15-10-17(3)4)21-11-7-18-8-13-23(6-2)14-9-18;/h17-18H,5-16H2,1-4H3,(H2,20,21,22);1H. The summed E-state index contributed by atoms with van der Waals surface area (Å²) < 4.78 is 5.64. The lowest BCUT2D eigenvalue weighted by Crippen LogP contribution is -2.39. The van der Waals surface area contributed by atoms with Crippen LogP contribution < -0.4 is 10.6 Å². The van der Waals surface area contributed by atoms with Crippen LogP contribution in [0.4, 0.5) is 0 Å². The molecule has 2 N–H and O–H groups in total. The van der Waals surface area contributed by atoms with Crippen LogP contribution >= 0.6 is 24.0 Å². The van der Waals surface area contributed by atoms with Crippen molar-refractivity contribution < 1.29 is 4.74 Å². The molecular formula is C19H41IN4O. The average Bonchev–Trinajstić information content (AvgIpc) is 2.58. The molecule has 0 spiro atoms. The van der Waals surface area contributed by atoms with Crippen molar-refractivity contribution in [2.45, 2.75) is 53.4 Å². The van der Waals surface area contributed by atoms with E-state index in [0.717, 1.165) is 51.1 Å². The van der Waals surface area contributed by atoms with Gasteiger partial charge in [0.15, 0.2) is 5.96 Å². The van der Waals surface area contributed by atoms with E-state index in [0.29, 0.717) is 5.92 Å². The Morgan fingerprint density at radius 1 is 1.16 bits per heavy atom. The first kappa shape index (κ1) is 24.9. The fourth-order valence-electron chi connectivity index (χ4n) is 2.95. The van der Waals surface area contributed by atoms with E-state index in [2.05, 4.69) is 43.2 Å². The second kappa shape index (κ2) is 16.1. The first-order chi connectivity index (χ1) is 11.7. The van der Waals surface area contributed by atoms with E-state index in [1.807, 2.05) is 0 Å². The van der Waals surface area contributed by atoms with Crippen LogP contribution in [0, 0.1) is 11.8 Å². The fraction of sp³-hybridized carbons (Fsp3) is 0.947. The lowest BCUT2D eigenvalue weighted by Gasteiger charge is -2.30. The Morgan fingerprint density at radius 2 is 1.88 bits per heavy atom. The summed E-state index contributed by atoms with van der Waals surface area (Å²) in [6.45, 7) is 16.8. The molecule has 0 aromatic heterocycles. The Labute approximate surface area is 172 Å². The monoisotopic (exact) mass is 468 g/mol. The number of piperidine rings is 1. The molecule has 5 nitrogen and oxygen atoms in total. The maximum absolute atomic E-state index is 5.64. The summed E-state index contributed by atoms with van der Waals surface area (Å²) in [5.74, 6) is 2.48. The van der Waals surface area contributed by atoms with Crippen LogP contribution in [-0.2, 0) is 4.74 Å². The van der Waals surface area contributed by atoms with Gasteiger partial charge in [-0.05, 0) is 64.1 Å². The second-order valence-electron chi connectivity index (χ2n) is 7.15. The van der Waals surface area contributed by atoms with Gasteiger partial charge < -0.3 is 20.3 Å². The molecule has 6 heteroatoms. The van der Waals surface area contributed by atoms with Crippen molar-refractivity contribution in [3.63, 3.8) is 0 Å². The molecule has 1 rings (SSSR count). The van der Waals surface area contributed by atoms with E-state index in [-0.39, 0.29) is 24.0 Å². The van der Waals surface area contributed by atoms with Crippen molar-refractivity contribution in [1.29, 1.82) is 0 Å². The number of nitrogens with one attached hydrogen (secondary N) is 2. The molecular weight excluding hydrogens is 427 g/mol. The average molecular weight is 468 g/mol. The Bertz CT molecular complexity index is 331. The summed E-state index contributed by atoms with van der Waals surface area (Å²) in [4.78, 5) is 7.26. The molecule has 0 atom stereocenters. The number of likely N-dealkylation sites (tertiary alicyclic amines) is 1. The molecule has 25 heavy (non-hydrogen) atoms. The summed E-state index contributed by atoms with van der Waals surface area (Å²) in [6.07, 6.45) is 5.00. The van der Waals surface area contributed by atoms with Crippen LogP contribution in [0.5, 0.6) is 0 Å². The third-order valence-electron chi connectivity index (χ3n) is 4.68. The smallest absolute Gasteiger partial charge is 0.191 e. The van der Waals surface area contributed by atoms with Crippen LogP contribution in [0.15, 0.2) is 4.99 Å². The Morgan fingerprint density at radius 3 is 2.48 bits per heavy atom. The normalized spacial score (nSPS) is 16.8. The van der Waals surface area contributed by atoms with Crippen LogP contribution in [0.25, 0.3) is 0 Å².